The number of halogens is 1. The summed E-state index contributed by atoms with van der Waals surface area (Å²) in [5.41, 5.74) is 0.344. The number of hydrogen-bond donors (Lipinski definition) is 1. The van der Waals surface area contributed by atoms with E-state index in [1.807, 2.05) is 0 Å². The Morgan fingerprint density at radius 2 is 2.12 bits per heavy atom. The lowest BCUT2D eigenvalue weighted by atomic mass is 9.95. The van der Waals surface area contributed by atoms with Crippen LogP contribution in [0.2, 0.25) is 5.02 Å². The third-order valence-corrected chi connectivity index (χ3v) is 6.63. The van der Waals surface area contributed by atoms with Gasteiger partial charge in [-0.2, -0.15) is 0 Å². The number of fused-ring (bicyclic) bond motifs is 2. The standard InChI is InChI=1S/C17H23ClN2O4S/c1-24-16-6-5-13(9-14(16)18)20(25(2,22)23)10-17(21)19-15-8-11-3-4-12(15)7-11/h5-6,9,11-12,15H,3-4,7-8,10H2,1-2H3,(H,19,21)/t11-,12+,15+/m0/s1. The minimum Gasteiger partial charge on any atom is -0.495 e. The minimum atomic E-state index is -3.62. The summed E-state index contributed by atoms with van der Waals surface area (Å²) in [6.07, 6.45) is 5.66. The summed E-state index contributed by atoms with van der Waals surface area (Å²) in [5.74, 6) is 1.41. The molecule has 1 aromatic carbocycles. The van der Waals surface area contributed by atoms with Crippen LogP contribution in [0.1, 0.15) is 25.7 Å². The normalized spacial score (nSPS) is 25.0. The van der Waals surface area contributed by atoms with Crippen LogP contribution in [-0.4, -0.2) is 40.3 Å². The van der Waals surface area contributed by atoms with Crippen molar-refractivity contribution in [2.24, 2.45) is 11.8 Å². The van der Waals surface area contributed by atoms with E-state index in [1.165, 1.54) is 26.0 Å². The van der Waals surface area contributed by atoms with Crippen LogP contribution in [0.4, 0.5) is 5.69 Å². The average Bonchev–Trinajstić information content (AvgIpc) is 3.14. The maximum absolute atomic E-state index is 12.4. The van der Waals surface area contributed by atoms with Gasteiger partial charge in [0.25, 0.3) is 0 Å². The number of anilines is 1. The zero-order chi connectivity index (χ0) is 18.2. The van der Waals surface area contributed by atoms with Crippen molar-refractivity contribution in [3.8, 4) is 5.75 Å². The number of hydrogen-bond acceptors (Lipinski definition) is 4. The Morgan fingerprint density at radius 1 is 1.36 bits per heavy atom. The molecular weight excluding hydrogens is 364 g/mol. The number of amides is 1. The van der Waals surface area contributed by atoms with Gasteiger partial charge in [-0.3, -0.25) is 9.10 Å². The predicted molar refractivity (Wildman–Crippen MR) is 97.6 cm³/mol. The molecule has 2 aliphatic rings. The monoisotopic (exact) mass is 386 g/mol. The molecule has 1 aromatic rings. The first kappa shape index (κ1) is 18.3. The van der Waals surface area contributed by atoms with Crippen molar-refractivity contribution in [2.45, 2.75) is 31.7 Å². The van der Waals surface area contributed by atoms with Gasteiger partial charge in [0.15, 0.2) is 0 Å². The van der Waals surface area contributed by atoms with Gasteiger partial charge in [-0.15, -0.1) is 0 Å². The molecule has 2 aliphatic carbocycles. The highest BCUT2D eigenvalue weighted by Crippen LogP contribution is 2.44. The van der Waals surface area contributed by atoms with Gasteiger partial charge in [-0.1, -0.05) is 18.0 Å². The van der Waals surface area contributed by atoms with Crippen molar-refractivity contribution < 1.29 is 17.9 Å². The van der Waals surface area contributed by atoms with E-state index in [4.69, 9.17) is 16.3 Å². The predicted octanol–water partition coefficient (Wildman–Crippen LogP) is 2.42. The van der Waals surface area contributed by atoms with E-state index in [-0.39, 0.29) is 18.5 Å². The van der Waals surface area contributed by atoms with Crippen LogP contribution in [0.15, 0.2) is 18.2 Å². The number of carbonyl (C=O) groups excluding carboxylic acids is 1. The van der Waals surface area contributed by atoms with Crippen molar-refractivity contribution in [3.63, 3.8) is 0 Å². The molecule has 0 aromatic heterocycles. The molecule has 3 atom stereocenters. The lowest BCUT2D eigenvalue weighted by Crippen LogP contribution is -2.45. The molecule has 0 unspecified atom stereocenters. The molecule has 25 heavy (non-hydrogen) atoms. The quantitative estimate of drug-likeness (QED) is 0.814. The van der Waals surface area contributed by atoms with Crippen molar-refractivity contribution in [2.75, 3.05) is 24.2 Å². The fourth-order valence-electron chi connectivity index (χ4n) is 4.01. The van der Waals surface area contributed by atoms with Gasteiger partial charge < -0.3 is 10.1 Å². The number of nitrogens with one attached hydrogen (secondary N) is 1. The lowest BCUT2D eigenvalue weighted by Gasteiger charge is -2.26. The number of ether oxygens (including phenoxy) is 1. The largest absolute Gasteiger partial charge is 0.495 e. The van der Waals surface area contributed by atoms with E-state index in [0.717, 1.165) is 23.4 Å². The summed E-state index contributed by atoms with van der Waals surface area (Å²) in [6, 6.07) is 4.83. The second-order valence-corrected chi connectivity index (χ2v) is 9.25. The second-order valence-electron chi connectivity index (χ2n) is 6.94. The summed E-state index contributed by atoms with van der Waals surface area (Å²) in [7, 11) is -2.14. The Kier molecular flexibility index (Phi) is 5.16. The Bertz CT molecular complexity index is 768. The first-order valence-electron chi connectivity index (χ1n) is 8.38. The zero-order valence-electron chi connectivity index (χ0n) is 14.4. The second kappa shape index (κ2) is 7.03. The highest BCUT2D eigenvalue weighted by molar-refractivity contribution is 7.92. The molecule has 1 amide bonds. The summed E-state index contributed by atoms with van der Waals surface area (Å²) >= 11 is 6.09. The molecule has 0 radical (unpaired) electrons. The summed E-state index contributed by atoms with van der Waals surface area (Å²) in [5, 5.41) is 3.31. The van der Waals surface area contributed by atoms with Crippen molar-refractivity contribution in [1.29, 1.82) is 0 Å². The maximum Gasteiger partial charge on any atom is 0.241 e. The van der Waals surface area contributed by atoms with E-state index >= 15 is 0 Å². The molecule has 2 fully saturated rings. The van der Waals surface area contributed by atoms with Crippen LogP contribution in [0.25, 0.3) is 0 Å². The van der Waals surface area contributed by atoms with Gasteiger partial charge in [0, 0.05) is 6.04 Å². The van der Waals surface area contributed by atoms with Crippen molar-refractivity contribution >= 4 is 33.2 Å². The number of methoxy groups -OCH3 is 1. The van der Waals surface area contributed by atoms with Gasteiger partial charge in [0.1, 0.15) is 12.3 Å². The molecule has 138 valence electrons. The van der Waals surface area contributed by atoms with Crippen LogP contribution in [-0.2, 0) is 14.8 Å². The van der Waals surface area contributed by atoms with Crippen LogP contribution < -0.4 is 14.4 Å². The van der Waals surface area contributed by atoms with Gasteiger partial charge in [-0.05, 0) is 49.3 Å². The summed E-state index contributed by atoms with van der Waals surface area (Å²) < 4.78 is 30.5. The molecule has 0 heterocycles. The van der Waals surface area contributed by atoms with E-state index in [0.29, 0.717) is 28.3 Å². The SMILES string of the molecule is COc1ccc(N(CC(=O)N[C@@H]2C[C@H]3CC[C@@H]2C3)S(C)(=O)=O)cc1Cl. The first-order valence-corrected chi connectivity index (χ1v) is 10.6. The number of nitrogens with zero attached hydrogens (tertiary/aromatic N) is 1. The maximum atomic E-state index is 12.4. The van der Waals surface area contributed by atoms with Crippen LogP contribution >= 0.6 is 11.6 Å². The van der Waals surface area contributed by atoms with Gasteiger partial charge in [0.2, 0.25) is 15.9 Å². The molecule has 0 spiro atoms. The fraction of sp³-hybridized carbons (Fsp3) is 0.588. The molecule has 6 nitrogen and oxygen atoms in total. The highest BCUT2D eigenvalue weighted by Gasteiger charge is 2.40. The first-order chi connectivity index (χ1) is 11.8. The number of carbonyl (C=O) groups is 1. The smallest absolute Gasteiger partial charge is 0.241 e. The van der Waals surface area contributed by atoms with Crippen LogP contribution in [0.5, 0.6) is 5.75 Å². The molecule has 2 bridgehead atoms. The van der Waals surface area contributed by atoms with E-state index < -0.39 is 10.0 Å². The van der Waals surface area contributed by atoms with E-state index in [2.05, 4.69) is 5.32 Å². The number of benzene rings is 1. The molecule has 0 aliphatic heterocycles. The Hall–Kier alpha value is -1.47. The molecule has 8 heteroatoms. The van der Waals surface area contributed by atoms with Crippen LogP contribution in [0.3, 0.4) is 0 Å². The van der Waals surface area contributed by atoms with E-state index in [1.54, 1.807) is 12.1 Å². The summed E-state index contributed by atoms with van der Waals surface area (Å²) in [6.45, 7) is -0.255. The van der Waals surface area contributed by atoms with E-state index in [9.17, 15) is 13.2 Å². The number of sulfonamides is 1. The molecule has 1 N–H and O–H groups in total. The molecule has 3 rings (SSSR count). The minimum absolute atomic E-state index is 0.173. The topological polar surface area (TPSA) is 75.7 Å². The highest BCUT2D eigenvalue weighted by atomic mass is 35.5. The Labute approximate surface area is 153 Å². The van der Waals surface area contributed by atoms with Gasteiger partial charge in [-0.25, -0.2) is 8.42 Å². The van der Waals surface area contributed by atoms with Crippen molar-refractivity contribution in [3.05, 3.63) is 23.2 Å². The zero-order valence-corrected chi connectivity index (χ0v) is 15.9. The third kappa shape index (κ3) is 4.03. The Balaban J connectivity index is 1.73. The average molecular weight is 387 g/mol. The molecule has 2 saturated carbocycles. The fourth-order valence-corrected chi connectivity index (χ4v) is 5.12. The lowest BCUT2D eigenvalue weighted by molar-refractivity contribution is -0.120. The molecule has 0 saturated heterocycles. The van der Waals surface area contributed by atoms with Crippen LogP contribution in [0, 0.1) is 11.8 Å². The molecular formula is C17H23ClN2O4S. The third-order valence-electron chi connectivity index (χ3n) is 5.20. The number of rotatable bonds is 6. The summed E-state index contributed by atoms with van der Waals surface area (Å²) in [4.78, 5) is 12.4. The van der Waals surface area contributed by atoms with Gasteiger partial charge in [0.05, 0.1) is 24.1 Å². The van der Waals surface area contributed by atoms with Crippen molar-refractivity contribution in [1.82, 2.24) is 5.32 Å². The Morgan fingerprint density at radius 3 is 2.64 bits per heavy atom. The van der Waals surface area contributed by atoms with Gasteiger partial charge >= 0.3 is 0 Å².